The zero-order chi connectivity index (χ0) is 26.9. The summed E-state index contributed by atoms with van der Waals surface area (Å²) in [5.74, 6) is 6.47. The van der Waals surface area contributed by atoms with E-state index >= 15 is 0 Å². The lowest BCUT2D eigenvalue weighted by molar-refractivity contribution is -0.123. The predicted molar refractivity (Wildman–Crippen MR) is 142 cm³/mol. The molecule has 3 heterocycles. The normalized spacial score (nSPS) is 16.0. The van der Waals surface area contributed by atoms with Gasteiger partial charge >= 0.3 is 0 Å². The maximum absolute atomic E-state index is 12.4. The molecular weight excluding hydrogens is 472 g/mol. The summed E-state index contributed by atoms with van der Waals surface area (Å²) in [6, 6.07) is 5.48. The number of primary amides is 1. The number of fused-ring (bicyclic) bond motifs is 1. The van der Waals surface area contributed by atoms with Gasteiger partial charge in [0.2, 0.25) is 11.9 Å². The number of carbonyl (C=O) groups excluding carboxylic acids is 2. The zero-order valence-electron chi connectivity index (χ0n) is 21.6. The number of amides is 2. The number of anilines is 2. The number of aryl methyl sites for hydroxylation is 1. The van der Waals surface area contributed by atoms with Crippen molar-refractivity contribution in [2.24, 2.45) is 12.8 Å². The third-order valence-corrected chi connectivity index (χ3v) is 6.20. The Morgan fingerprint density at radius 2 is 2.08 bits per heavy atom. The molecule has 0 unspecified atom stereocenters. The van der Waals surface area contributed by atoms with Crippen LogP contribution < -0.4 is 16.0 Å². The first-order valence-corrected chi connectivity index (χ1v) is 11.6. The highest BCUT2D eigenvalue weighted by Gasteiger charge is 2.35. The third-order valence-electron chi connectivity index (χ3n) is 6.20. The monoisotopic (exact) mass is 502 g/mol. The third kappa shape index (κ3) is 4.61. The van der Waals surface area contributed by atoms with Crippen molar-refractivity contribution in [3.8, 4) is 11.8 Å². The Balaban J connectivity index is 1.74. The van der Waals surface area contributed by atoms with Crippen molar-refractivity contribution >= 4 is 34.6 Å². The molecule has 0 spiro atoms. The number of carbonyl (C=O) groups is 2. The number of nitrogens with one attached hydrogen (secondary N) is 1. The van der Waals surface area contributed by atoms with Gasteiger partial charge in [-0.05, 0) is 30.2 Å². The fraction of sp³-hybridized carbons (Fsp3) is 0.308. The largest absolute Gasteiger partial charge is 0.503 e. The van der Waals surface area contributed by atoms with Crippen LogP contribution in [-0.2, 0) is 16.6 Å². The van der Waals surface area contributed by atoms with Crippen LogP contribution in [0.1, 0.15) is 34.1 Å². The molecule has 0 saturated carbocycles. The number of rotatable bonds is 6. The minimum atomic E-state index is -0.652. The van der Waals surface area contributed by atoms with Crippen molar-refractivity contribution in [1.82, 2.24) is 24.2 Å². The molecule has 2 amide bonds. The van der Waals surface area contributed by atoms with Crippen molar-refractivity contribution in [3.05, 3.63) is 59.6 Å². The fourth-order valence-electron chi connectivity index (χ4n) is 4.55. The minimum absolute atomic E-state index is 0.189. The number of benzene rings is 1. The lowest BCUT2D eigenvalue weighted by Gasteiger charge is -2.16. The van der Waals surface area contributed by atoms with Crippen molar-refractivity contribution in [3.63, 3.8) is 0 Å². The van der Waals surface area contributed by atoms with Gasteiger partial charge in [-0.25, -0.2) is 9.67 Å². The Bertz CT molecular complexity index is 1480. The lowest BCUT2D eigenvalue weighted by atomic mass is 10.1. The standard InChI is InChI=1S/C26H30N8O3/c1-7-22(35)33-14-17(13-18(33)15-37-6)34-25(28-2)23(24(27)36)19(30-34)10-8-16-9-11-21-20(12-16)29-26(31(3)4)32(21)5/h7,9,11-12,15,17,28H,1,13-14H2,2-6H3,(H2,27,36)/b18-15+/t17-/m0/s1. The number of allylic oxidation sites excluding steroid dienone is 1. The summed E-state index contributed by atoms with van der Waals surface area (Å²) in [7, 11) is 9.04. The van der Waals surface area contributed by atoms with E-state index in [0.717, 1.165) is 22.5 Å². The van der Waals surface area contributed by atoms with Gasteiger partial charge in [0.15, 0.2) is 5.69 Å². The number of nitrogens with zero attached hydrogens (tertiary/aromatic N) is 6. The first-order valence-electron chi connectivity index (χ1n) is 11.6. The second-order valence-corrected chi connectivity index (χ2v) is 8.81. The fourth-order valence-corrected chi connectivity index (χ4v) is 4.55. The van der Waals surface area contributed by atoms with Gasteiger partial charge < -0.3 is 30.2 Å². The Kier molecular flexibility index (Phi) is 6.93. The Labute approximate surface area is 215 Å². The van der Waals surface area contributed by atoms with Crippen molar-refractivity contribution in [2.75, 3.05) is 45.0 Å². The number of aromatic nitrogens is 4. The minimum Gasteiger partial charge on any atom is -0.503 e. The van der Waals surface area contributed by atoms with E-state index in [2.05, 4.69) is 33.8 Å². The lowest BCUT2D eigenvalue weighted by Crippen LogP contribution is -2.27. The summed E-state index contributed by atoms with van der Waals surface area (Å²) in [4.78, 5) is 33.0. The number of hydrogen-bond donors (Lipinski definition) is 2. The number of ether oxygens (including phenoxy) is 1. The van der Waals surface area contributed by atoms with E-state index < -0.39 is 5.91 Å². The Morgan fingerprint density at radius 3 is 2.70 bits per heavy atom. The molecule has 1 aliphatic rings. The molecule has 0 bridgehead atoms. The quantitative estimate of drug-likeness (QED) is 0.299. The van der Waals surface area contributed by atoms with Gasteiger partial charge in [-0.15, -0.1) is 0 Å². The van der Waals surface area contributed by atoms with Crippen LogP contribution in [0.25, 0.3) is 11.0 Å². The SMILES string of the molecule is C=CC(=O)N1C[C@@H](n2nc(C#Cc3ccc4c(c3)nc(N(C)C)n4C)c(C(N)=O)c2NC)C/C1=C\OC. The molecule has 192 valence electrons. The van der Waals surface area contributed by atoms with Crippen LogP contribution in [-0.4, -0.2) is 70.8 Å². The van der Waals surface area contributed by atoms with Crippen LogP contribution in [0.15, 0.2) is 42.8 Å². The second kappa shape index (κ2) is 10.1. The van der Waals surface area contributed by atoms with Gasteiger partial charge in [-0.3, -0.25) is 9.59 Å². The van der Waals surface area contributed by atoms with Gasteiger partial charge in [-0.1, -0.05) is 12.5 Å². The average Bonchev–Trinajstić information content (AvgIpc) is 3.55. The molecule has 1 saturated heterocycles. The maximum Gasteiger partial charge on any atom is 0.255 e. The molecule has 1 aliphatic heterocycles. The summed E-state index contributed by atoms with van der Waals surface area (Å²) >= 11 is 0. The van der Waals surface area contributed by atoms with Gasteiger partial charge in [0.25, 0.3) is 5.91 Å². The summed E-state index contributed by atoms with van der Waals surface area (Å²) in [6.07, 6.45) is 3.23. The molecule has 1 aromatic carbocycles. The van der Waals surface area contributed by atoms with Crippen LogP contribution >= 0.6 is 0 Å². The number of imidazole rings is 1. The van der Waals surface area contributed by atoms with Crippen LogP contribution in [0.4, 0.5) is 11.8 Å². The van der Waals surface area contributed by atoms with E-state index in [-0.39, 0.29) is 23.2 Å². The van der Waals surface area contributed by atoms with Crippen LogP contribution in [0.2, 0.25) is 0 Å². The van der Waals surface area contributed by atoms with Crippen LogP contribution in [0.5, 0.6) is 0 Å². The van der Waals surface area contributed by atoms with Gasteiger partial charge in [-0.2, -0.15) is 5.10 Å². The van der Waals surface area contributed by atoms with E-state index in [1.54, 1.807) is 16.6 Å². The van der Waals surface area contributed by atoms with E-state index in [9.17, 15) is 9.59 Å². The molecule has 1 fully saturated rings. The topological polar surface area (TPSA) is 124 Å². The molecule has 2 aromatic heterocycles. The smallest absolute Gasteiger partial charge is 0.255 e. The van der Waals surface area contributed by atoms with E-state index in [4.69, 9.17) is 10.5 Å². The molecule has 3 N–H and O–H groups in total. The Hall–Kier alpha value is -4.72. The summed E-state index contributed by atoms with van der Waals surface area (Å²) in [5, 5.41) is 7.67. The first kappa shape index (κ1) is 25.4. The van der Waals surface area contributed by atoms with Crippen LogP contribution in [0, 0.1) is 11.8 Å². The summed E-state index contributed by atoms with van der Waals surface area (Å²) in [5.41, 5.74) is 9.37. The van der Waals surface area contributed by atoms with Crippen molar-refractivity contribution in [1.29, 1.82) is 0 Å². The molecule has 0 radical (unpaired) electrons. The first-order chi connectivity index (χ1) is 17.7. The molecule has 0 aliphatic carbocycles. The molecule has 37 heavy (non-hydrogen) atoms. The predicted octanol–water partition coefficient (Wildman–Crippen LogP) is 1.82. The number of hydrogen-bond acceptors (Lipinski definition) is 7. The van der Waals surface area contributed by atoms with Gasteiger partial charge in [0, 0.05) is 46.7 Å². The molecular formula is C26H30N8O3. The number of nitrogens with two attached hydrogens (primary N) is 1. The highest BCUT2D eigenvalue weighted by molar-refractivity contribution is 6.00. The summed E-state index contributed by atoms with van der Waals surface area (Å²) in [6.45, 7) is 3.90. The molecule has 1 atom stereocenters. The highest BCUT2D eigenvalue weighted by Crippen LogP contribution is 2.34. The molecule has 11 heteroatoms. The van der Waals surface area contributed by atoms with E-state index in [1.807, 2.05) is 48.8 Å². The van der Waals surface area contributed by atoms with E-state index in [0.29, 0.717) is 24.5 Å². The average molecular weight is 503 g/mol. The van der Waals surface area contributed by atoms with Crippen molar-refractivity contribution in [2.45, 2.75) is 12.5 Å². The molecule has 11 nitrogen and oxygen atoms in total. The number of methoxy groups -OCH3 is 1. The maximum atomic E-state index is 12.4. The van der Waals surface area contributed by atoms with Gasteiger partial charge in [0.1, 0.15) is 17.6 Å². The molecule has 4 rings (SSSR count). The second-order valence-electron chi connectivity index (χ2n) is 8.81. The Morgan fingerprint density at radius 1 is 1.32 bits per heavy atom. The molecule has 3 aromatic rings. The van der Waals surface area contributed by atoms with E-state index in [1.165, 1.54) is 19.4 Å². The highest BCUT2D eigenvalue weighted by atomic mass is 16.5. The zero-order valence-corrected chi connectivity index (χ0v) is 21.6. The van der Waals surface area contributed by atoms with Gasteiger partial charge in [0.05, 0.1) is 29.9 Å². The number of likely N-dealkylation sites (tertiary alicyclic amines) is 1. The summed E-state index contributed by atoms with van der Waals surface area (Å²) < 4.78 is 8.83. The van der Waals surface area contributed by atoms with Crippen molar-refractivity contribution < 1.29 is 14.3 Å². The van der Waals surface area contributed by atoms with Crippen LogP contribution in [0.3, 0.4) is 0 Å².